The molecular weight excluding hydrogens is 328 g/mol. The number of likely N-dealkylation sites (tertiary alicyclic amines) is 1. The fourth-order valence-corrected chi connectivity index (χ4v) is 4.21. The van der Waals surface area contributed by atoms with Gasteiger partial charge in [0.15, 0.2) is 0 Å². The Kier molecular flexibility index (Phi) is 5.33. The van der Waals surface area contributed by atoms with Crippen molar-refractivity contribution in [3.05, 3.63) is 48.0 Å². The van der Waals surface area contributed by atoms with Crippen molar-refractivity contribution in [1.82, 2.24) is 19.7 Å². The maximum absolute atomic E-state index is 6.17. The second-order valence-corrected chi connectivity index (χ2v) is 7.75. The van der Waals surface area contributed by atoms with E-state index < -0.39 is 0 Å². The summed E-state index contributed by atoms with van der Waals surface area (Å²) in [6.07, 6.45) is 11.1. The maximum atomic E-state index is 6.17. The van der Waals surface area contributed by atoms with E-state index in [4.69, 9.17) is 9.47 Å². The molecule has 6 heteroatoms. The number of aromatic nitrogens is 3. The summed E-state index contributed by atoms with van der Waals surface area (Å²) in [5, 5.41) is 4.25. The van der Waals surface area contributed by atoms with Crippen LogP contribution in [0.4, 0.5) is 0 Å². The fourth-order valence-electron chi connectivity index (χ4n) is 4.21. The van der Waals surface area contributed by atoms with Crippen LogP contribution in [0.25, 0.3) is 0 Å². The van der Waals surface area contributed by atoms with Crippen LogP contribution in [0.2, 0.25) is 0 Å². The van der Waals surface area contributed by atoms with E-state index in [1.165, 1.54) is 11.1 Å². The zero-order valence-corrected chi connectivity index (χ0v) is 15.5. The van der Waals surface area contributed by atoms with Crippen LogP contribution in [0.3, 0.4) is 0 Å². The first kappa shape index (κ1) is 17.6. The number of rotatable bonds is 7. The number of ether oxygens (including phenoxy) is 2. The highest BCUT2D eigenvalue weighted by molar-refractivity contribution is 5.09. The molecule has 1 spiro atoms. The number of pyridine rings is 1. The molecule has 0 aliphatic carbocycles. The number of nitrogens with zero attached hydrogens (tertiary/aromatic N) is 4. The maximum Gasteiger partial charge on any atom is 0.0937 e. The Morgan fingerprint density at radius 2 is 2.12 bits per heavy atom. The van der Waals surface area contributed by atoms with Crippen LogP contribution < -0.4 is 0 Å². The lowest BCUT2D eigenvalue weighted by atomic mass is 9.79. The van der Waals surface area contributed by atoms with Crippen molar-refractivity contribution in [3.8, 4) is 0 Å². The first-order chi connectivity index (χ1) is 12.7. The van der Waals surface area contributed by atoms with Gasteiger partial charge in [0.25, 0.3) is 0 Å². The van der Waals surface area contributed by atoms with Gasteiger partial charge in [0.1, 0.15) is 0 Å². The molecule has 1 atom stereocenters. The molecule has 4 rings (SSSR count). The topological polar surface area (TPSA) is 52.4 Å². The Labute approximate surface area is 155 Å². The molecule has 0 bridgehead atoms. The molecule has 26 heavy (non-hydrogen) atoms. The van der Waals surface area contributed by atoms with Gasteiger partial charge < -0.3 is 9.47 Å². The number of hydrogen-bond acceptors (Lipinski definition) is 5. The van der Waals surface area contributed by atoms with E-state index in [0.717, 1.165) is 52.1 Å². The minimum atomic E-state index is 0.0796. The standard InChI is InChI=1S/C20H28N4O2/c1-23-12-19(11-22-23)13-24-15-20(16-24)10-17(5-9-26-20)4-8-25-14-18-2-6-21-7-3-18/h2-3,6-7,11-12,17H,4-5,8-10,13-16H2,1H3/t17-/m0/s1. The summed E-state index contributed by atoms with van der Waals surface area (Å²) in [6.45, 7) is 5.43. The summed E-state index contributed by atoms with van der Waals surface area (Å²) in [6, 6.07) is 4.02. The van der Waals surface area contributed by atoms with Crippen LogP contribution in [0.5, 0.6) is 0 Å². The zero-order valence-electron chi connectivity index (χ0n) is 15.5. The smallest absolute Gasteiger partial charge is 0.0937 e. The second kappa shape index (κ2) is 7.86. The molecule has 2 saturated heterocycles. The molecule has 0 saturated carbocycles. The van der Waals surface area contributed by atoms with Crippen LogP contribution in [0, 0.1) is 5.92 Å². The second-order valence-electron chi connectivity index (χ2n) is 7.75. The zero-order chi connectivity index (χ0) is 17.8. The van der Waals surface area contributed by atoms with Gasteiger partial charge in [-0.3, -0.25) is 14.6 Å². The van der Waals surface area contributed by atoms with Gasteiger partial charge >= 0.3 is 0 Å². The largest absolute Gasteiger partial charge is 0.377 e. The summed E-state index contributed by atoms with van der Waals surface area (Å²) in [4.78, 5) is 6.49. The highest BCUT2D eigenvalue weighted by Gasteiger charge is 2.47. The Hall–Kier alpha value is -1.76. The van der Waals surface area contributed by atoms with E-state index in [1.807, 2.05) is 42.5 Å². The molecule has 6 nitrogen and oxygen atoms in total. The van der Waals surface area contributed by atoms with E-state index >= 15 is 0 Å². The Morgan fingerprint density at radius 1 is 1.27 bits per heavy atom. The molecule has 0 aromatic carbocycles. The average molecular weight is 356 g/mol. The van der Waals surface area contributed by atoms with Crippen LogP contribution in [0.15, 0.2) is 36.9 Å². The lowest BCUT2D eigenvalue weighted by Gasteiger charge is -2.53. The highest BCUT2D eigenvalue weighted by Crippen LogP contribution is 2.38. The van der Waals surface area contributed by atoms with Gasteiger partial charge in [0.2, 0.25) is 0 Å². The van der Waals surface area contributed by atoms with Crippen molar-refractivity contribution in [2.45, 2.75) is 38.0 Å². The molecule has 2 aromatic heterocycles. The molecule has 0 N–H and O–H groups in total. The molecule has 0 amide bonds. The van der Waals surface area contributed by atoms with Crippen LogP contribution in [-0.2, 0) is 29.7 Å². The van der Waals surface area contributed by atoms with Gasteiger partial charge in [-0.05, 0) is 42.9 Å². The minimum Gasteiger partial charge on any atom is -0.377 e. The summed E-state index contributed by atoms with van der Waals surface area (Å²) in [5.41, 5.74) is 2.55. The molecular formula is C20H28N4O2. The van der Waals surface area contributed by atoms with Gasteiger partial charge in [0, 0.05) is 64.0 Å². The predicted molar refractivity (Wildman–Crippen MR) is 98.4 cm³/mol. The molecule has 0 unspecified atom stereocenters. The van der Waals surface area contributed by atoms with Crippen LogP contribution in [0.1, 0.15) is 30.4 Å². The molecule has 0 radical (unpaired) electrons. The van der Waals surface area contributed by atoms with Gasteiger partial charge in [0.05, 0.1) is 18.4 Å². The van der Waals surface area contributed by atoms with E-state index in [0.29, 0.717) is 12.5 Å². The molecule has 2 aromatic rings. The quantitative estimate of drug-likeness (QED) is 0.713. The van der Waals surface area contributed by atoms with E-state index in [-0.39, 0.29) is 5.60 Å². The van der Waals surface area contributed by atoms with Crippen molar-refractivity contribution < 1.29 is 9.47 Å². The van der Waals surface area contributed by atoms with Crippen molar-refractivity contribution >= 4 is 0 Å². The Bertz CT molecular complexity index is 697. The van der Waals surface area contributed by atoms with Gasteiger partial charge in [-0.25, -0.2) is 0 Å². The Morgan fingerprint density at radius 3 is 2.88 bits per heavy atom. The average Bonchev–Trinajstić information content (AvgIpc) is 3.04. The predicted octanol–water partition coefficient (Wildman–Crippen LogP) is 2.40. The summed E-state index contributed by atoms with van der Waals surface area (Å²) < 4.78 is 13.9. The van der Waals surface area contributed by atoms with Gasteiger partial charge in [-0.1, -0.05) is 0 Å². The summed E-state index contributed by atoms with van der Waals surface area (Å²) in [5.74, 6) is 0.710. The van der Waals surface area contributed by atoms with Crippen molar-refractivity contribution in [1.29, 1.82) is 0 Å². The summed E-state index contributed by atoms with van der Waals surface area (Å²) >= 11 is 0. The number of hydrogen-bond donors (Lipinski definition) is 0. The molecule has 4 heterocycles. The third-order valence-corrected chi connectivity index (χ3v) is 5.47. The third kappa shape index (κ3) is 4.31. The Balaban J connectivity index is 1.18. The van der Waals surface area contributed by atoms with Crippen molar-refractivity contribution in [3.63, 3.8) is 0 Å². The first-order valence-electron chi connectivity index (χ1n) is 9.51. The van der Waals surface area contributed by atoms with Gasteiger partial charge in [-0.15, -0.1) is 0 Å². The fraction of sp³-hybridized carbons (Fsp3) is 0.600. The van der Waals surface area contributed by atoms with Crippen molar-refractivity contribution in [2.75, 3.05) is 26.3 Å². The normalized spacial score (nSPS) is 22.4. The van der Waals surface area contributed by atoms with Crippen molar-refractivity contribution in [2.24, 2.45) is 13.0 Å². The molecule has 140 valence electrons. The van der Waals surface area contributed by atoms with Gasteiger partial charge in [-0.2, -0.15) is 5.10 Å². The SMILES string of the molecule is Cn1cc(CN2CC3(C[C@@H](CCOCc4ccncc4)CCO3)C2)cn1. The third-order valence-electron chi connectivity index (χ3n) is 5.47. The van der Waals surface area contributed by atoms with E-state index in [2.05, 4.69) is 21.2 Å². The highest BCUT2D eigenvalue weighted by atomic mass is 16.5. The number of aryl methyl sites for hydroxylation is 1. The van der Waals surface area contributed by atoms with E-state index in [9.17, 15) is 0 Å². The van der Waals surface area contributed by atoms with Crippen LogP contribution >= 0.6 is 0 Å². The first-order valence-corrected chi connectivity index (χ1v) is 9.51. The van der Waals surface area contributed by atoms with E-state index in [1.54, 1.807) is 0 Å². The molecule has 2 fully saturated rings. The summed E-state index contributed by atoms with van der Waals surface area (Å²) in [7, 11) is 1.96. The lowest BCUT2D eigenvalue weighted by molar-refractivity contribution is -0.182. The minimum absolute atomic E-state index is 0.0796. The molecule has 2 aliphatic heterocycles. The van der Waals surface area contributed by atoms with Crippen LogP contribution in [-0.4, -0.2) is 51.6 Å². The monoisotopic (exact) mass is 356 g/mol. The molecule has 2 aliphatic rings. The lowest BCUT2D eigenvalue weighted by Crippen LogP contribution is -2.64.